The summed E-state index contributed by atoms with van der Waals surface area (Å²) in [4.78, 5) is 12.8. The molecule has 5 nitrogen and oxygen atoms in total. The molecule has 0 saturated carbocycles. The second-order valence-corrected chi connectivity index (χ2v) is 4.44. The fourth-order valence-corrected chi connectivity index (χ4v) is 1.86. The van der Waals surface area contributed by atoms with E-state index in [9.17, 15) is 0 Å². The van der Waals surface area contributed by atoms with E-state index in [0.717, 1.165) is 18.2 Å². The summed E-state index contributed by atoms with van der Waals surface area (Å²) < 4.78 is 0. The Morgan fingerprint density at radius 2 is 1.62 bits per heavy atom. The smallest absolute Gasteiger partial charge is 0.230 e. The highest BCUT2D eigenvalue weighted by molar-refractivity contribution is 5.49. The molecule has 21 heavy (non-hydrogen) atoms. The number of hydrogen-bond donors (Lipinski definition) is 2. The van der Waals surface area contributed by atoms with Gasteiger partial charge < -0.3 is 10.6 Å². The monoisotopic (exact) mass is 277 g/mol. The van der Waals surface area contributed by atoms with Crippen LogP contribution >= 0.6 is 0 Å². The molecule has 3 rings (SSSR count). The van der Waals surface area contributed by atoms with Gasteiger partial charge >= 0.3 is 0 Å². The van der Waals surface area contributed by atoms with E-state index in [2.05, 4.69) is 37.7 Å². The third-order valence-electron chi connectivity index (χ3n) is 2.88. The van der Waals surface area contributed by atoms with Crippen LogP contribution < -0.4 is 10.6 Å². The molecule has 0 atom stereocenters. The lowest BCUT2D eigenvalue weighted by Crippen LogP contribution is -2.04. The summed E-state index contributed by atoms with van der Waals surface area (Å²) in [5, 5.41) is 6.34. The number of nitrogens with zero attached hydrogens (tertiary/aromatic N) is 3. The van der Waals surface area contributed by atoms with Gasteiger partial charge in [0.2, 0.25) is 5.95 Å². The molecule has 3 aromatic rings. The topological polar surface area (TPSA) is 62.7 Å². The molecule has 0 saturated heterocycles. The Hall–Kier alpha value is -2.95. The fourth-order valence-electron chi connectivity index (χ4n) is 1.86. The molecule has 0 unspecified atom stereocenters. The van der Waals surface area contributed by atoms with Gasteiger partial charge in [-0.15, -0.1) is 0 Å². The maximum atomic E-state index is 4.41. The second kappa shape index (κ2) is 6.47. The summed E-state index contributed by atoms with van der Waals surface area (Å²) in [5.74, 6) is 2.01. The van der Waals surface area contributed by atoms with Crippen LogP contribution in [0.5, 0.6) is 0 Å². The largest absolute Gasteiger partial charge is 0.366 e. The number of anilines is 3. The molecular formula is C16H15N5. The highest BCUT2D eigenvalue weighted by Gasteiger charge is 2.00. The maximum Gasteiger partial charge on any atom is 0.230 e. The van der Waals surface area contributed by atoms with Gasteiger partial charge in [0, 0.05) is 18.9 Å². The standard InChI is InChI=1S/C16H15N5/c1-2-6-13(7-3-1)12-19-15-9-11-18-16(21-15)20-14-8-4-5-10-17-14/h1-11H,12H2,(H2,17,18,19,20,21). The van der Waals surface area contributed by atoms with E-state index in [1.54, 1.807) is 12.4 Å². The first-order valence-corrected chi connectivity index (χ1v) is 6.69. The number of rotatable bonds is 5. The zero-order valence-corrected chi connectivity index (χ0v) is 11.4. The molecule has 0 radical (unpaired) electrons. The summed E-state index contributed by atoms with van der Waals surface area (Å²) in [6.07, 6.45) is 3.44. The van der Waals surface area contributed by atoms with Crippen LogP contribution in [0.25, 0.3) is 0 Å². The van der Waals surface area contributed by atoms with Crippen molar-refractivity contribution in [3.63, 3.8) is 0 Å². The van der Waals surface area contributed by atoms with Gasteiger partial charge in [0.15, 0.2) is 0 Å². The van der Waals surface area contributed by atoms with Crippen LogP contribution in [-0.4, -0.2) is 15.0 Å². The number of hydrogen-bond acceptors (Lipinski definition) is 5. The summed E-state index contributed by atoms with van der Waals surface area (Å²) in [6, 6.07) is 17.7. The van der Waals surface area contributed by atoms with Gasteiger partial charge in [-0.2, -0.15) is 4.98 Å². The van der Waals surface area contributed by atoms with E-state index >= 15 is 0 Å². The second-order valence-electron chi connectivity index (χ2n) is 4.44. The Morgan fingerprint density at radius 1 is 0.762 bits per heavy atom. The highest BCUT2D eigenvalue weighted by atomic mass is 15.2. The quantitative estimate of drug-likeness (QED) is 0.749. The van der Waals surface area contributed by atoms with Crippen molar-refractivity contribution < 1.29 is 0 Å². The van der Waals surface area contributed by atoms with Crippen LogP contribution in [0.15, 0.2) is 67.0 Å². The molecule has 0 spiro atoms. The van der Waals surface area contributed by atoms with Crippen LogP contribution in [0.1, 0.15) is 5.56 Å². The van der Waals surface area contributed by atoms with Crippen LogP contribution in [-0.2, 0) is 6.54 Å². The number of pyridine rings is 1. The lowest BCUT2D eigenvalue weighted by atomic mass is 10.2. The fraction of sp³-hybridized carbons (Fsp3) is 0.0625. The van der Waals surface area contributed by atoms with Crippen molar-refractivity contribution in [1.29, 1.82) is 0 Å². The number of aromatic nitrogens is 3. The molecule has 2 aromatic heterocycles. The van der Waals surface area contributed by atoms with E-state index in [-0.39, 0.29) is 0 Å². The third-order valence-corrected chi connectivity index (χ3v) is 2.88. The zero-order chi connectivity index (χ0) is 14.3. The molecular weight excluding hydrogens is 262 g/mol. The van der Waals surface area contributed by atoms with Crippen LogP contribution in [0.4, 0.5) is 17.6 Å². The summed E-state index contributed by atoms with van der Waals surface area (Å²) in [6.45, 7) is 0.723. The van der Waals surface area contributed by atoms with Gasteiger partial charge in [-0.3, -0.25) is 0 Å². The minimum atomic E-state index is 0.520. The van der Waals surface area contributed by atoms with Crippen LogP contribution in [0.2, 0.25) is 0 Å². The average Bonchev–Trinajstić information content (AvgIpc) is 2.55. The van der Waals surface area contributed by atoms with Gasteiger partial charge in [-0.25, -0.2) is 9.97 Å². The third kappa shape index (κ3) is 3.76. The maximum absolute atomic E-state index is 4.41. The van der Waals surface area contributed by atoms with E-state index < -0.39 is 0 Å². The molecule has 0 bridgehead atoms. The highest BCUT2D eigenvalue weighted by Crippen LogP contribution is 2.12. The zero-order valence-electron chi connectivity index (χ0n) is 11.4. The van der Waals surface area contributed by atoms with Crippen molar-refractivity contribution in [2.45, 2.75) is 6.54 Å². The lowest BCUT2D eigenvalue weighted by molar-refractivity contribution is 1.08. The number of nitrogens with one attached hydrogen (secondary N) is 2. The van der Waals surface area contributed by atoms with Crippen molar-refractivity contribution in [1.82, 2.24) is 15.0 Å². The molecule has 0 amide bonds. The van der Waals surface area contributed by atoms with E-state index in [4.69, 9.17) is 0 Å². The number of benzene rings is 1. The van der Waals surface area contributed by atoms with E-state index in [1.807, 2.05) is 42.5 Å². The normalized spacial score (nSPS) is 10.1. The van der Waals surface area contributed by atoms with Crippen molar-refractivity contribution in [2.24, 2.45) is 0 Å². The van der Waals surface area contributed by atoms with E-state index in [0.29, 0.717) is 5.95 Å². The first-order valence-electron chi connectivity index (χ1n) is 6.69. The van der Waals surface area contributed by atoms with Gasteiger partial charge in [0.25, 0.3) is 0 Å². The van der Waals surface area contributed by atoms with Crippen molar-refractivity contribution in [3.8, 4) is 0 Å². The Labute approximate surface area is 123 Å². The predicted molar refractivity (Wildman–Crippen MR) is 83.3 cm³/mol. The van der Waals surface area contributed by atoms with Gasteiger partial charge in [-0.1, -0.05) is 36.4 Å². The van der Waals surface area contributed by atoms with Crippen molar-refractivity contribution in [3.05, 3.63) is 72.6 Å². The molecule has 0 fully saturated rings. The average molecular weight is 277 g/mol. The van der Waals surface area contributed by atoms with Crippen molar-refractivity contribution in [2.75, 3.05) is 10.6 Å². The first-order chi connectivity index (χ1) is 10.4. The Bertz CT molecular complexity index is 685. The molecule has 104 valence electrons. The minimum absolute atomic E-state index is 0.520. The Morgan fingerprint density at radius 3 is 2.43 bits per heavy atom. The minimum Gasteiger partial charge on any atom is -0.366 e. The van der Waals surface area contributed by atoms with Crippen molar-refractivity contribution >= 4 is 17.6 Å². The molecule has 0 aliphatic rings. The lowest BCUT2D eigenvalue weighted by Gasteiger charge is -2.08. The van der Waals surface area contributed by atoms with E-state index in [1.165, 1.54) is 5.56 Å². The Balaban J connectivity index is 1.66. The summed E-state index contributed by atoms with van der Waals surface area (Å²) in [5.41, 5.74) is 1.20. The van der Waals surface area contributed by atoms with Gasteiger partial charge in [0.1, 0.15) is 11.6 Å². The molecule has 5 heteroatoms. The first kappa shape index (κ1) is 13.1. The molecule has 2 heterocycles. The van der Waals surface area contributed by atoms with Gasteiger partial charge in [0.05, 0.1) is 0 Å². The van der Waals surface area contributed by atoms with Crippen LogP contribution in [0.3, 0.4) is 0 Å². The Kier molecular flexibility index (Phi) is 4.02. The SMILES string of the molecule is c1ccc(CNc2ccnc(Nc3ccccn3)n2)cc1. The molecule has 1 aromatic carbocycles. The molecule has 2 N–H and O–H groups in total. The van der Waals surface area contributed by atoms with Gasteiger partial charge in [-0.05, 0) is 23.8 Å². The van der Waals surface area contributed by atoms with Crippen LogP contribution in [0, 0.1) is 0 Å². The summed E-state index contributed by atoms with van der Waals surface area (Å²) in [7, 11) is 0. The molecule has 0 aliphatic heterocycles. The molecule has 0 aliphatic carbocycles. The predicted octanol–water partition coefficient (Wildman–Crippen LogP) is 3.23. The summed E-state index contributed by atoms with van der Waals surface area (Å²) >= 11 is 0.